The van der Waals surface area contributed by atoms with Crippen molar-refractivity contribution in [3.05, 3.63) is 35.8 Å². The number of likely N-dealkylation sites (tertiary alicyclic amines) is 1. The number of aliphatic carboxylic acids is 1. The molecular weight excluding hydrogens is 397 g/mol. The molecule has 1 saturated heterocycles. The maximum atomic E-state index is 13.5. The van der Waals surface area contributed by atoms with Crippen LogP contribution >= 0.6 is 11.8 Å². The molecule has 2 N–H and O–H groups in total. The van der Waals surface area contributed by atoms with Gasteiger partial charge in [-0.25, -0.2) is 9.18 Å². The summed E-state index contributed by atoms with van der Waals surface area (Å²) in [5.74, 6) is -1.60. The Hall–Kier alpha value is -2.55. The Bertz CT molecular complexity index is 945. The first-order chi connectivity index (χ1) is 13.8. The minimum atomic E-state index is -1.03. The number of aromatic nitrogens is 1. The molecule has 2 amide bonds. The topological polar surface area (TPSA) is 91.6 Å². The number of hydrogen-bond donors (Lipinski definition) is 2. The smallest absolute Gasteiger partial charge is 0.326 e. The van der Waals surface area contributed by atoms with E-state index in [1.165, 1.54) is 17.0 Å². The van der Waals surface area contributed by atoms with Crippen molar-refractivity contribution in [2.45, 2.75) is 31.3 Å². The van der Waals surface area contributed by atoms with Gasteiger partial charge in [-0.1, -0.05) is 0 Å². The first-order valence-corrected chi connectivity index (χ1v) is 10.8. The number of benzene rings is 1. The number of carboxylic acid groups (broad SMARTS) is 1. The lowest BCUT2D eigenvalue weighted by atomic mass is 10.1. The van der Waals surface area contributed by atoms with E-state index in [0.717, 1.165) is 0 Å². The number of amides is 2. The number of halogens is 1. The van der Waals surface area contributed by atoms with Crippen LogP contribution in [0.4, 0.5) is 4.39 Å². The van der Waals surface area contributed by atoms with Gasteiger partial charge in [0.05, 0.1) is 0 Å². The molecule has 9 heteroatoms. The van der Waals surface area contributed by atoms with E-state index in [-0.39, 0.29) is 5.91 Å². The molecule has 0 spiro atoms. The summed E-state index contributed by atoms with van der Waals surface area (Å²) in [6.45, 7) is 0.370. The van der Waals surface area contributed by atoms with Crippen LogP contribution in [0.3, 0.4) is 0 Å². The molecule has 1 aliphatic heterocycles. The molecule has 0 radical (unpaired) electrons. The predicted octanol–water partition coefficient (Wildman–Crippen LogP) is 2.24. The third-order valence-corrected chi connectivity index (χ3v) is 5.92. The van der Waals surface area contributed by atoms with Crippen LogP contribution in [0.15, 0.2) is 24.3 Å². The fraction of sp³-hybridized carbons (Fsp3) is 0.450. The summed E-state index contributed by atoms with van der Waals surface area (Å²) in [7, 11) is 1.70. The predicted molar refractivity (Wildman–Crippen MR) is 110 cm³/mol. The highest BCUT2D eigenvalue weighted by molar-refractivity contribution is 7.98. The first kappa shape index (κ1) is 21.2. The molecule has 1 aliphatic rings. The Labute approximate surface area is 172 Å². The van der Waals surface area contributed by atoms with Crippen LogP contribution in [0.25, 0.3) is 10.9 Å². The Balaban J connectivity index is 1.83. The third kappa shape index (κ3) is 4.39. The summed E-state index contributed by atoms with van der Waals surface area (Å²) in [5.41, 5.74) is 1.01. The molecule has 1 aromatic carbocycles. The normalized spacial score (nSPS) is 17.5. The maximum Gasteiger partial charge on any atom is 0.326 e. The molecule has 156 valence electrons. The lowest BCUT2D eigenvalue weighted by Crippen LogP contribution is -2.52. The van der Waals surface area contributed by atoms with Gasteiger partial charge in [-0.15, -0.1) is 0 Å². The van der Waals surface area contributed by atoms with E-state index in [4.69, 9.17) is 0 Å². The number of rotatable bonds is 7. The Morgan fingerprint density at radius 3 is 2.79 bits per heavy atom. The summed E-state index contributed by atoms with van der Waals surface area (Å²) in [6.07, 6.45) is 3.34. The van der Waals surface area contributed by atoms with Crippen LogP contribution in [0.5, 0.6) is 0 Å². The summed E-state index contributed by atoms with van der Waals surface area (Å²) in [4.78, 5) is 38.7. The van der Waals surface area contributed by atoms with E-state index in [1.807, 2.05) is 6.26 Å². The molecule has 0 bridgehead atoms. The first-order valence-electron chi connectivity index (χ1n) is 9.41. The second-order valence-electron chi connectivity index (χ2n) is 7.13. The standard InChI is InChI=1S/C20H24FN3O4S/c1-23-15-6-5-13(21)10-12(15)11-17(23)18(25)22-14(7-9-29-2)19(26)24-8-3-4-16(24)20(27)28/h5-6,10-11,14,16H,3-4,7-9H2,1-2H3,(H,22,25)(H,27,28). The minimum absolute atomic E-state index is 0.309. The minimum Gasteiger partial charge on any atom is -0.480 e. The largest absolute Gasteiger partial charge is 0.480 e. The van der Waals surface area contributed by atoms with Crippen LogP contribution in [0.1, 0.15) is 29.8 Å². The molecule has 0 saturated carbocycles. The number of aryl methyl sites for hydroxylation is 1. The van der Waals surface area contributed by atoms with E-state index < -0.39 is 29.8 Å². The van der Waals surface area contributed by atoms with Crippen molar-refractivity contribution in [2.75, 3.05) is 18.6 Å². The Morgan fingerprint density at radius 2 is 2.10 bits per heavy atom. The SMILES string of the molecule is CSCCC(NC(=O)c1cc2cc(F)ccc2n1C)C(=O)N1CCCC1C(=O)O. The molecular formula is C20H24FN3O4S. The van der Waals surface area contributed by atoms with Crippen molar-refractivity contribution in [2.24, 2.45) is 7.05 Å². The number of fused-ring (bicyclic) bond motifs is 1. The van der Waals surface area contributed by atoms with E-state index in [1.54, 1.807) is 35.5 Å². The molecule has 1 fully saturated rings. The van der Waals surface area contributed by atoms with Crippen LogP contribution in [0.2, 0.25) is 0 Å². The number of carboxylic acids is 1. The summed E-state index contributed by atoms with van der Waals surface area (Å²) >= 11 is 1.54. The molecule has 7 nitrogen and oxygen atoms in total. The van der Waals surface area contributed by atoms with Crippen LogP contribution in [0, 0.1) is 5.82 Å². The number of carbonyl (C=O) groups excluding carboxylic acids is 2. The van der Waals surface area contributed by atoms with Crippen LogP contribution in [-0.2, 0) is 16.6 Å². The quantitative estimate of drug-likeness (QED) is 0.716. The fourth-order valence-corrected chi connectivity index (χ4v) is 4.22. The molecule has 2 aromatic rings. The van der Waals surface area contributed by atoms with Crippen molar-refractivity contribution in [1.82, 2.24) is 14.8 Å². The molecule has 3 rings (SSSR count). The van der Waals surface area contributed by atoms with Gasteiger partial charge in [-0.2, -0.15) is 11.8 Å². The van der Waals surface area contributed by atoms with Gasteiger partial charge in [0, 0.05) is 24.5 Å². The van der Waals surface area contributed by atoms with Crippen molar-refractivity contribution in [3.8, 4) is 0 Å². The summed E-state index contributed by atoms with van der Waals surface area (Å²) in [6, 6.07) is 4.19. The van der Waals surface area contributed by atoms with E-state index in [0.29, 0.717) is 48.2 Å². The van der Waals surface area contributed by atoms with Gasteiger partial charge < -0.3 is 19.9 Å². The molecule has 1 aromatic heterocycles. The van der Waals surface area contributed by atoms with Gasteiger partial charge in [0.25, 0.3) is 5.91 Å². The monoisotopic (exact) mass is 421 g/mol. The number of hydrogen-bond acceptors (Lipinski definition) is 4. The third-order valence-electron chi connectivity index (χ3n) is 5.27. The molecule has 2 unspecified atom stereocenters. The van der Waals surface area contributed by atoms with E-state index >= 15 is 0 Å². The lowest BCUT2D eigenvalue weighted by molar-refractivity contribution is -0.148. The second kappa shape index (κ2) is 8.86. The van der Waals surface area contributed by atoms with Crippen molar-refractivity contribution >= 4 is 40.4 Å². The second-order valence-corrected chi connectivity index (χ2v) is 8.11. The van der Waals surface area contributed by atoms with Gasteiger partial charge in [0.15, 0.2) is 0 Å². The molecule has 29 heavy (non-hydrogen) atoms. The van der Waals surface area contributed by atoms with E-state index in [9.17, 15) is 23.9 Å². The molecule has 2 atom stereocenters. The average Bonchev–Trinajstić information content (AvgIpc) is 3.29. The highest BCUT2D eigenvalue weighted by Crippen LogP contribution is 2.22. The van der Waals surface area contributed by atoms with Gasteiger partial charge in [-0.3, -0.25) is 9.59 Å². The van der Waals surface area contributed by atoms with Crippen molar-refractivity contribution in [3.63, 3.8) is 0 Å². The van der Waals surface area contributed by atoms with Crippen molar-refractivity contribution in [1.29, 1.82) is 0 Å². The number of carbonyl (C=O) groups is 3. The summed E-state index contributed by atoms with van der Waals surface area (Å²) < 4.78 is 15.1. The van der Waals surface area contributed by atoms with Gasteiger partial charge in [0.1, 0.15) is 23.6 Å². The number of nitrogens with one attached hydrogen (secondary N) is 1. The number of nitrogens with zero attached hydrogens (tertiary/aromatic N) is 2. The molecule has 0 aliphatic carbocycles. The average molecular weight is 421 g/mol. The maximum absolute atomic E-state index is 13.5. The van der Waals surface area contributed by atoms with E-state index in [2.05, 4.69) is 5.32 Å². The van der Waals surface area contributed by atoms with Gasteiger partial charge >= 0.3 is 5.97 Å². The fourth-order valence-electron chi connectivity index (χ4n) is 3.75. The lowest BCUT2D eigenvalue weighted by Gasteiger charge is -2.27. The van der Waals surface area contributed by atoms with Crippen molar-refractivity contribution < 1.29 is 23.9 Å². The van der Waals surface area contributed by atoms with Crippen LogP contribution in [-0.4, -0.2) is 63.0 Å². The highest BCUT2D eigenvalue weighted by atomic mass is 32.2. The Kier molecular flexibility index (Phi) is 6.46. The zero-order valence-electron chi connectivity index (χ0n) is 16.4. The van der Waals surface area contributed by atoms with Gasteiger partial charge in [0.2, 0.25) is 5.91 Å². The van der Waals surface area contributed by atoms with Gasteiger partial charge in [-0.05, 0) is 55.5 Å². The highest BCUT2D eigenvalue weighted by Gasteiger charge is 2.37. The zero-order chi connectivity index (χ0) is 21.1. The zero-order valence-corrected chi connectivity index (χ0v) is 17.2. The van der Waals surface area contributed by atoms with Crippen LogP contribution < -0.4 is 5.32 Å². The number of thioether (sulfide) groups is 1. The summed E-state index contributed by atoms with van der Waals surface area (Å²) in [5, 5.41) is 12.7. The Morgan fingerprint density at radius 1 is 1.34 bits per heavy atom. The molecule has 2 heterocycles.